The monoisotopic (exact) mass is 295 g/mol. The van der Waals surface area contributed by atoms with Crippen molar-refractivity contribution in [1.82, 2.24) is 9.80 Å². The molecule has 0 unspecified atom stereocenters. The van der Waals surface area contributed by atoms with E-state index in [1.54, 1.807) is 4.90 Å². The molecule has 7 heteroatoms. The van der Waals surface area contributed by atoms with Gasteiger partial charge >= 0.3 is 5.69 Å². The molecule has 0 saturated carbocycles. The van der Waals surface area contributed by atoms with Crippen LogP contribution >= 0.6 is 0 Å². The van der Waals surface area contributed by atoms with E-state index in [4.69, 9.17) is 0 Å². The fraction of sp³-hybridized carbons (Fsp3) is 0.500. The zero-order valence-electron chi connectivity index (χ0n) is 12.1. The number of nitro benzene ring substituents is 1. The number of carbonyl (C=O) groups is 1. The van der Waals surface area contributed by atoms with Crippen LogP contribution < -0.4 is 0 Å². The lowest BCUT2D eigenvalue weighted by Gasteiger charge is -2.35. The van der Waals surface area contributed by atoms with Gasteiger partial charge in [-0.3, -0.25) is 14.9 Å². The normalized spacial score (nSPS) is 16.3. The first-order valence-corrected chi connectivity index (χ1v) is 6.80. The van der Waals surface area contributed by atoms with Crippen molar-refractivity contribution in [1.29, 1.82) is 0 Å². The second-order valence-corrected chi connectivity index (χ2v) is 5.41. The Kier molecular flexibility index (Phi) is 4.52. The third kappa shape index (κ3) is 3.36. The van der Waals surface area contributed by atoms with Gasteiger partial charge in [-0.15, -0.1) is 0 Å². The van der Waals surface area contributed by atoms with Crippen molar-refractivity contribution in [3.05, 3.63) is 39.7 Å². The summed E-state index contributed by atoms with van der Waals surface area (Å²) in [6, 6.07) is 3.73. The smallest absolute Gasteiger partial charge is 0.304 e. The molecule has 1 aromatic rings. The van der Waals surface area contributed by atoms with Crippen molar-refractivity contribution >= 4 is 11.6 Å². The molecule has 21 heavy (non-hydrogen) atoms. The lowest BCUT2D eigenvalue weighted by Crippen LogP contribution is -2.44. The highest BCUT2D eigenvalue weighted by atomic mass is 19.1. The summed E-state index contributed by atoms with van der Waals surface area (Å²) < 4.78 is 13.6. The second-order valence-electron chi connectivity index (χ2n) is 5.41. The van der Waals surface area contributed by atoms with Gasteiger partial charge in [0.1, 0.15) is 0 Å². The number of carbonyl (C=O) groups excluding carboxylic acids is 1. The van der Waals surface area contributed by atoms with E-state index in [0.29, 0.717) is 19.1 Å². The standard InChI is InChI=1S/C14H18FN3O3/c1-16(2)11-5-7-17(8-6-11)14(19)10-3-4-13(18(20)21)12(15)9-10/h3-4,9,11H,5-8H2,1-2H3. The van der Waals surface area contributed by atoms with Gasteiger partial charge in [-0.1, -0.05) is 0 Å². The molecule has 0 aromatic heterocycles. The maximum Gasteiger partial charge on any atom is 0.304 e. The summed E-state index contributed by atoms with van der Waals surface area (Å²) in [5.41, 5.74) is -0.459. The van der Waals surface area contributed by atoms with E-state index >= 15 is 0 Å². The van der Waals surface area contributed by atoms with E-state index in [9.17, 15) is 19.3 Å². The molecule has 1 fully saturated rings. The van der Waals surface area contributed by atoms with Crippen LogP contribution in [0.3, 0.4) is 0 Å². The fourth-order valence-electron chi connectivity index (χ4n) is 2.56. The van der Waals surface area contributed by atoms with Crippen molar-refractivity contribution in [2.45, 2.75) is 18.9 Å². The highest BCUT2D eigenvalue weighted by Crippen LogP contribution is 2.21. The van der Waals surface area contributed by atoms with Crippen molar-refractivity contribution < 1.29 is 14.1 Å². The number of nitro groups is 1. The molecule has 0 aliphatic carbocycles. The lowest BCUT2D eigenvalue weighted by molar-refractivity contribution is -0.387. The quantitative estimate of drug-likeness (QED) is 0.631. The van der Waals surface area contributed by atoms with Gasteiger partial charge in [-0.2, -0.15) is 4.39 Å². The van der Waals surface area contributed by atoms with Crippen molar-refractivity contribution in [3.8, 4) is 0 Å². The van der Waals surface area contributed by atoms with Gasteiger partial charge in [0.15, 0.2) is 0 Å². The Balaban J connectivity index is 2.08. The van der Waals surface area contributed by atoms with Crippen molar-refractivity contribution in [2.75, 3.05) is 27.2 Å². The van der Waals surface area contributed by atoms with Crippen LogP contribution in [0.15, 0.2) is 18.2 Å². The van der Waals surface area contributed by atoms with Gasteiger partial charge < -0.3 is 9.80 Å². The molecule has 1 heterocycles. The molecule has 1 aliphatic heterocycles. The molecule has 0 atom stereocenters. The summed E-state index contributed by atoms with van der Waals surface area (Å²) in [4.78, 5) is 25.9. The Labute approximate surface area is 122 Å². The van der Waals surface area contributed by atoms with Crippen LogP contribution in [0.2, 0.25) is 0 Å². The first-order chi connectivity index (χ1) is 9.90. The highest BCUT2D eigenvalue weighted by molar-refractivity contribution is 5.94. The molecule has 0 spiro atoms. The van der Waals surface area contributed by atoms with Gasteiger partial charge in [-0.25, -0.2) is 0 Å². The predicted molar refractivity (Wildman–Crippen MR) is 75.7 cm³/mol. The molecule has 114 valence electrons. The van der Waals surface area contributed by atoms with E-state index in [1.807, 2.05) is 14.1 Å². The van der Waals surface area contributed by atoms with Crippen LogP contribution in [-0.4, -0.2) is 53.9 Å². The topological polar surface area (TPSA) is 66.7 Å². The summed E-state index contributed by atoms with van der Waals surface area (Å²) in [6.45, 7) is 1.22. The van der Waals surface area contributed by atoms with E-state index in [2.05, 4.69) is 4.90 Å². The van der Waals surface area contributed by atoms with Gasteiger partial charge in [0, 0.05) is 30.8 Å². The van der Waals surface area contributed by atoms with E-state index in [1.165, 1.54) is 6.07 Å². The zero-order chi connectivity index (χ0) is 15.6. The molecule has 0 bridgehead atoms. The number of likely N-dealkylation sites (tertiary alicyclic amines) is 1. The maximum atomic E-state index is 13.6. The molecule has 0 N–H and O–H groups in total. The molecule has 6 nitrogen and oxygen atoms in total. The minimum absolute atomic E-state index is 0.154. The summed E-state index contributed by atoms with van der Waals surface area (Å²) in [7, 11) is 4.02. The summed E-state index contributed by atoms with van der Waals surface area (Å²) >= 11 is 0. The zero-order valence-corrected chi connectivity index (χ0v) is 12.1. The number of nitrogens with zero attached hydrogens (tertiary/aromatic N) is 3. The minimum Gasteiger partial charge on any atom is -0.339 e. The van der Waals surface area contributed by atoms with Crippen LogP contribution in [0.4, 0.5) is 10.1 Å². The van der Waals surface area contributed by atoms with Crippen molar-refractivity contribution in [3.63, 3.8) is 0 Å². The number of halogens is 1. The molecule has 1 aromatic carbocycles. The van der Waals surface area contributed by atoms with Crippen LogP contribution in [0.5, 0.6) is 0 Å². The molecule has 1 saturated heterocycles. The number of benzene rings is 1. The lowest BCUT2D eigenvalue weighted by atomic mass is 10.0. The van der Waals surface area contributed by atoms with Crippen LogP contribution in [0.1, 0.15) is 23.2 Å². The summed E-state index contributed by atoms with van der Waals surface area (Å²) in [5, 5.41) is 10.6. The van der Waals surface area contributed by atoms with Crippen LogP contribution in [0.25, 0.3) is 0 Å². The third-order valence-electron chi connectivity index (χ3n) is 3.87. The molecule has 1 amide bonds. The Morgan fingerprint density at radius 3 is 2.48 bits per heavy atom. The van der Waals surface area contributed by atoms with Gasteiger partial charge in [0.2, 0.25) is 5.82 Å². The first-order valence-electron chi connectivity index (χ1n) is 6.80. The van der Waals surface area contributed by atoms with Crippen LogP contribution in [0, 0.1) is 15.9 Å². The van der Waals surface area contributed by atoms with E-state index in [0.717, 1.165) is 25.0 Å². The Morgan fingerprint density at radius 2 is 2.00 bits per heavy atom. The maximum absolute atomic E-state index is 13.6. The number of piperidine rings is 1. The van der Waals surface area contributed by atoms with Crippen molar-refractivity contribution in [2.24, 2.45) is 0 Å². The van der Waals surface area contributed by atoms with E-state index in [-0.39, 0.29) is 11.5 Å². The average Bonchev–Trinajstić information content (AvgIpc) is 2.46. The molecular weight excluding hydrogens is 277 g/mol. The second kappa shape index (κ2) is 6.17. The van der Waals surface area contributed by atoms with Crippen LogP contribution in [-0.2, 0) is 0 Å². The molecule has 2 rings (SSSR count). The Hall–Kier alpha value is -2.02. The molecule has 0 radical (unpaired) electrons. The van der Waals surface area contributed by atoms with Gasteiger partial charge in [0.25, 0.3) is 5.91 Å². The fourth-order valence-corrected chi connectivity index (χ4v) is 2.56. The van der Waals surface area contributed by atoms with E-state index < -0.39 is 16.4 Å². The SMILES string of the molecule is CN(C)C1CCN(C(=O)c2ccc([N+](=O)[O-])c(F)c2)CC1. The molecule has 1 aliphatic rings. The average molecular weight is 295 g/mol. The number of amides is 1. The first kappa shape index (κ1) is 15.4. The summed E-state index contributed by atoms with van der Waals surface area (Å²) in [5.74, 6) is -1.25. The Morgan fingerprint density at radius 1 is 1.38 bits per heavy atom. The number of hydrogen-bond acceptors (Lipinski definition) is 4. The minimum atomic E-state index is -0.978. The van der Waals surface area contributed by atoms with Gasteiger partial charge in [0.05, 0.1) is 4.92 Å². The Bertz CT molecular complexity index is 554. The summed E-state index contributed by atoms with van der Waals surface area (Å²) in [6.07, 6.45) is 1.74. The largest absolute Gasteiger partial charge is 0.339 e. The third-order valence-corrected chi connectivity index (χ3v) is 3.87. The predicted octanol–water partition coefficient (Wildman–Crippen LogP) is 1.90. The number of hydrogen-bond donors (Lipinski definition) is 0. The van der Waals surface area contributed by atoms with Gasteiger partial charge in [-0.05, 0) is 39.1 Å². The molecular formula is C14H18FN3O3. The highest BCUT2D eigenvalue weighted by Gasteiger charge is 2.25. The number of rotatable bonds is 3.